The first-order valence-corrected chi connectivity index (χ1v) is 4.54. The lowest BCUT2D eigenvalue weighted by Crippen LogP contribution is -2.18. The third kappa shape index (κ3) is 3.45. The molecule has 0 saturated carbocycles. The molecule has 1 fully saturated rings. The predicted molar refractivity (Wildman–Crippen MR) is 64.0 cm³/mol. The van der Waals surface area contributed by atoms with Crippen LogP contribution < -0.4 is 5.32 Å². The van der Waals surface area contributed by atoms with Gasteiger partial charge < -0.3 is 5.32 Å². The molecular formula is C10H14Cl2N2O. The van der Waals surface area contributed by atoms with Crippen molar-refractivity contribution >= 4 is 30.6 Å². The highest BCUT2D eigenvalue weighted by molar-refractivity contribution is 5.96. The largest absolute Gasteiger partial charge is 0.316 e. The Kier molecular flexibility index (Phi) is 6.48. The van der Waals surface area contributed by atoms with E-state index in [2.05, 4.69) is 10.3 Å². The number of ketones is 1. The zero-order valence-corrected chi connectivity index (χ0v) is 9.81. The van der Waals surface area contributed by atoms with Crippen LogP contribution in [-0.4, -0.2) is 23.9 Å². The first-order chi connectivity index (χ1) is 6.38. The molecule has 1 aliphatic rings. The second-order valence-electron chi connectivity index (χ2n) is 3.27. The highest BCUT2D eigenvalue weighted by Crippen LogP contribution is 2.13. The zero-order valence-electron chi connectivity index (χ0n) is 8.18. The molecule has 0 radical (unpaired) electrons. The number of nitrogens with one attached hydrogen (secondary N) is 1. The number of halogens is 2. The summed E-state index contributed by atoms with van der Waals surface area (Å²) in [5.74, 6) is 0.306. The first-order valence-electron chi connectivity index (χ1n) is 4.54. The van der Waals surface area contributed by atoms with E-state index in [4.69, 9.17) is 0 Å². The van der Waals surface area contributed by atoms with E-state index < -0.39 is 0 Å². The SMILES string of the molecule is Cl.Cl.O=C(c1ccccn1)C1CCNC1. The molecule has 0 amide bonds. The lowest BCUT2D eigenvalue weighted by Gasteiger charge is -2.05. The fraction of sp³-hybridized carbons (Fsp3) is 0.400. The molecule has 1 atom stereocenters. The molecule has 0 spiro atoms. The molecule has 3 nitrogen and oxygen atoms in total. The van der Waals surface area contributed by atoms with Gasteiger partial charge in [-0.2, -0.15) is 0 Å². The Labute approximate surface area is 101 Å². The summed E-state index contributed by atoms with van der Waals surface area (Å²) in [6, 6.07) is 5.45. The van der Waals surface area contributed by atoms with Crippen LogP contribution in [0.4, 0.5) is 0 Å². The summed E-state index contributed by atoms with van der Waals surface area (Å²) in [6.45, 7) is 1.75. The lowest BCUT2D eigenvalue weighted by molar-refractivity contribution is 0.0925. The average Bonchev–Trinajstić information content (AvgIpc) is 2.71. The van der Waals surface area contributed by atoms with Gasteiger partial charge in [0.05, 0.1) is 0 Å². The smallest absolute Gasteiger partial charge is 0.185 e. The van der Waals surface area contributed by atoms with Crippen molar-refractivity contribution < 1.29 is 4.79 Å². The van der Waals surface area contributed by atoms with Gasteiger partial charge in [0.25, 0.3) is 0 Å². The summed E-state index contributed by atoms with van der Waals surface area (Å²) in [5, 5.41) is 3.17. The Bertz CT molecular complexity index is 300. The van der Waals surface area contributed by atoms with E-state index in [1.54, 1.807) is 12.3 Å². The van der Waals surface area contributed by atoms with E-state index in [9.17, 15) is 4.79 Å². The Hall–Kier alpha value is -0.640. The van der Waals surface area contributed by atoms with Crippen LogP contribution in [0.25, 0.3) is 0 Å². The van der Waals surface area contributed by atoms with Crippen molar-refractivity contribution in [2.45, 2.75) is 6.42 Å². The summed E-state index contributed by atoms with van der Waals surface area (Å²) in [6.07, 6.45) is 2.60. The molecule has 0 aromatic carbocycles. The number of carbonyl (C=O) groups excluding carboxylic acids is 1. The number of aromatic nitrogens is 1. The van der Waals surface area contributed by atoms with Gasteiger partial charge in [-0.1, -0.05) is 6.07 Å². The molecule has 1 saturated heterocycles. The van der Waals surface area contributed by atoms with Crippen molar-refractivity contribution in [2.75, 3.05) is 13.1 Å². The van der Waals surface area contributed by atoms with E-state index in [1.165, 1.54) is 0 Å². The zero-order chi connectivity index (χ0) is 9.10. The Morgan fingerprint density at radius 3 is 2.73 bits per heavy atom. The number of rotatable bonds is 2. The van der Waals surface area contributed by atoms with Crippen LogP contribution in [0.5, 0.6) is 0 Å². The fourth-order valence-corrected chi connectivity index (χ4v) is 1.60. The lowest BCUT2D eigenvalue weighted by atomic mass is 10.0. The predicted octanol–water partition coefficient (Wildman–Crippen LogP) is 1.72. The van der Waals surface area contributed by atoms with E-state index in [1.807, 2.05) is 12.1 Å². The molecule has 1 N–H and O–H groups in total. The third-order valence-electron chi connectivity index (χ3n) is 2.35. The van der Waals surface area contributed by atoms with Gasteiger partial charge in [-0.15, -0.1) is 24.8 Å². The molecule has 5 heteroatoms. The topological polar surface area (TPSA) is 42.0 Å². The van der Waals surface area contributed by atoms with E-state index in [-0.39, 0.29) is 36.5 Å². The molecule has 1 unspecified atom stereocenters. The number of carbonyl (C=O) groups is 1. The quantitative estimate of drug-likeness (QED) is 0.811. The van der Waals surface area contributed by atoms with Crippen LogP contribution in [0.2, 0.25) is 0 Å². The van der Waals surface area contributed by atoms with Gasteiger partial charge in [-0.3, -0.25) is 9.78 Å². The van der Waals surface area contributed by atoms with Crippen LogP contribution in [0.15, 0.2) is 24.4 Å². The molecule has 1 aromatic rings. The normalized spacial score (nSPS) is 18.8. The molecule has 0 bridgehead atoms. The highest BCUT2D eigenvalue weighted by Gasteiger charge is 2.23. The summed E-state index contributed by atoms with van der Waals surface area (Å²) >= 11 is 0. The van der Waals surface area contributed by atoms with Crippen LogP contribution in [-0.2, 0) is 0 Å². The van der Waals surface area contributed by atoms with Gasteiger partial charge in [0.2, 0.25) is 0 Å². The van der Waals surface area contributed by atoms with E-state index in [0.717, 1.165) is 19.5 Å². The maximum absolute atomic E-state index is 11.7. The van der Waals surface area contributed by atoms with E-state index in [0.29, 0.717) is 5.69 Å². The molecule has 1 aromatic heterocycles. The Balaban J connectivity index is 0.000000980. The summed E-state index contributed by atoms with van der Waals surface area (Å²) < 4.78 is 0. The van der Waals surface area contributed by atoms with Gasteiger partial charge in [-0.25, -0.2) is 0 Å². The molecule has 2 heterocycles. The van der Waals surface area contributed by atoms with Crippen molar-refractivity contribution in [1.82, 2.24) is 10.3 Å². The van der Waals surface area contributed by atoms with Crippen LogP contribution in [0.3, 0.4) is 0 Å². The maximum atomic E-state index is 11.7. The monoisotopic (exact) mass is 248 g/mol. The third-order valence-corrected chi connectivity index (χ3v) is 2.35. The molecule has 2 rings (SSSR count). The van der Waals surface area contributed by atoms with Gasteiger partial charge >= 0.3 is 0 Å². The van der Waals surface area contributed by atoms with Crippen LogP contribution >= 0.6 is 24.8 Å². The fourth-order valence-electron chi connectivity index (χ4n) is 1.60. The van der Waals surface area contributed by atoms with Gasteiger partial charge in [0.15, 0.2) is 5.78 Å². The van der Waals surface area contributed by atoms with Crippen molar-refractivity contribution in [2.24, 2.45) is 5.92 Å². The van der Waals surface area contributed by atoms with Gasteiger partial charge in [0, 0.05) is 18.7 Å². The highest BCUT2D eigenvalue weighted by atomic mass is 35.5. The number of hydrogen-bond donors (Lipinski definition) is 1. The first kappa shape index (κ1) is 14.4. The minimum absolute atomic E-state index is 0. The molecule has 84 valence electrons. The number of Topliss-reactive ketones (excluding diaryl/α,β-unsaturated/α-hetero) is 1. The maximum Gasteiger partial charge on any atom is 0.185 e. The molecule has 0 aliphatic carbocycles. The number of pyridine rings is 1. The second-order valence-corrected chi connectivity index (χ2v) is 3.27. The van der Waals surface area contributed by atoms with Crippen LogP contribution in [0.1, 0.15) is 16.9 Å². The van der Waals surface area contributed by atoms with Crippen molar-refractivity contribution in [3.05, 3.63) is 30.1 Å². The summed E-state index contributed by atoms with van der Waals surface area (Å²) in [7, 11) is 0. The Morgan fingerprint density at radius 1 is 1.40 bits per heavy atom. The minimum atomic E-state index is 0. The molecule has 15 heavy (non-hydrogen) atoms. The molecule has 1 aliphatic heterocycles. The minimum Gasteiger partial charge on any atom is -0.316 e. The standard InChI is InChI=1S/C10H12N2O.2ClH/c13-10(8-4-6-11-7-8)9-3-1-2-5-12-9;;/h1-3,5,8,11H,4,6-7H2;2*1H. The number of hydrogen-bond acceptors (Lipinski definition) is 3. The van der Waals surface area contributed by atoms with Crippen molar-refractivity contribution in [1.29, 1.82) is 0 Å². The Morgan fingerprint density at radius 2 is 2.20 bits per heavy atom. The second kappa shape index (κ2) is 6.77. The van der Waals surface area contributed by atoms with Crippen molar-refractivity contribution in [3.8, 4) is 0 Å². The summed E-state index contributed by atoms with van der Waals surface area (Å²) in [4.78, 5) is 15.8. The van der Waals surface area contributed by atoms with E-state index >= 15 is 0 Å². The van der Waals surface area contributed by atoms with Gasteiger partial charge in [0.1, 0.15) is 5.69 Å². The van der Waals surface area contributed by atoms with Crippen LogP contribution in [0, 0.1) is 5.92 Å². The summed E-state index contributed by atoms with van der Waals surface area (Å²) in [5.41, 5.74) is 0.594. The average molecular weight is 249 g/mol. The number of nitrogens with zero attached hydrogens (tertiary/aromatic N) is 1. The van der Waals surface area contributed by atoms with Gasteiger partial charge in [-0.05, 0) is 25.1 Å². The molecular weight excluding hydrogens is 235 g/mol. The van der Waals surface area contributed by atoms with Crippen molar-refractivity contribution in [3.63, 3.8) is 0 Å².